The van der Waals surface area contributed by atoms with Crippen LogP contribution >= 0.6 is 12.2 Å². The Kier molecular flexibility index (Phi) is 3.45. The SMILES string of the molecule is CC(O)CCn1ccc2ccc(C(N)=S)cc21. The number of hydrogen-bond donors (Lipinski definition) is 2. The lowest BCUT2D eigenvalue weighted by atomic mass is 10.1. The molecule has 0 aliphatic heterocycles. The van der Waals surface area contributed by atoms with E-state index in [4.69, 9.17) is 18.0 Å². The molecule has 0 amide bonds. The van der Waals surface area contributed by atoms with Crippen LogP contribution in [0.4, 0.5) is 0 Å². The van der Waals surface area contributed by atoms with E-state index in [0.717, 1.165) is 29.4 Å². The van der Waals surface area contributed by atoms with Crippen molar-refractivity contribution in [2.24, 2.45) is 5.73 Å². The summed E-state index contributed by atoms with van der Waals surface area (Å²) in [7, 11) is 0. The van der Waals surface area contributed by atoms with Crippen molar-refractivity contribution < 1.29 is 5.11 Å². The number of benzene rings is 1. The van der Waals surface area contributed by atoms with E-state index in [1.165, 1.54) is 0 Å². The van der Waals surface area contributed by atoms with Crippen LogP contribution in [0.15, 0.2) is 30.5 Å². The van der Waals surface area contributed by atoms with Crippen LogP contribution in [0.1, 0.15) is 18.9 Å². The number of fused-ring (bicyclic) bond motifs is 1. The maximum absolute atomic E-state index is 9.31. The van der Waals surface area contributed by atoms with Crippen molar-refractivity contribution in [1.82, 2.24) is 4.57 Å². The zero-order valence-electron chi connectivity index (χ0n) is 9.76. The largest absolute Gasteiger partial charge is 0.393 e. The highest BCUT2D eigenvalue weighted by Gasteiger charge is 2.05. The molecule has 2 aromatic rings. The number of aromatic nitrogens is 1. The first kappa shape index (κ1) is 12.1. The van der Waals surface area contributed by atoms with Crippen molar-refractivity contribution in [3.8, 4) is 0 Å². The number of aliphatic hydroxyl groups is 1. The van der Waals surface area contributed by atoms with Gasteiger partial charge in [-0.3, -0.25) is 0 Å². The Balaban J connectivity index is 2.36. The Hall–Kier alpha value is -1.39. The molecule has 3 N–H and O–H groups in total. The maximum Gasteiger partial charge on any atom is 0.104 e. The topological polar surface area (TPSA) is 51.2 Å². The molecule has 0 bridgehead atoms. The normalized spacial score (nSPS) is 12.8. The lowest BCUT2D eigenvalue weighted by molar-refractivity contribution is 0.178. The zero-order valence-corrected chi connectivity index (χ0v) is 10.6. The second-order valence-electron chi connectivity index (χ2n) is 4.28. The highest BCUT2D eigenvalue weighted by molar-refractivity contribution is 7.80. The van der Waals surface area contributed by atoms with E-state index in [9.17, 15) is 5.11 Å². The first-order valence-electron chi connectivity index (χ1n) is 5.64. The average Bonchev–Trinajstić information content (AvgIpc) is 2.68. The summed E-state index contributed by atoms with van der Waals surface area (Å²) in [5, 5.41) is 10.5. The van der Waals surface area contributed by atoms with Gasteiger partial charge in [-0.1, -0.05) is 24.4 Å². The highest BCUT2D eigenvalue weighted by atomic mass is 32.1. The first-order chi connectivity index (χ1) is 8.08. The van der Waals surface area contributed by atoms with E-state index >= 15 is 0 Å². The van der Waals surface area contributed by atoms with Crippen LogP contribution in [0, 0.1) is 0 Å². The molecule has 0 fully saturated rings. The molecule has 17 heavy (non-hydrogen) atoms. The fourth-order valence-electron chi connectivity index (χ4n) is 1.86. The minimum Gasteiger partial charge on any atom is -0.393 e. The van der Waals surface area contributed by atoms with E-state index in [1.807, 2.05) is 24.4 Å². The molecule has 0 spiro atoms. The fraction of sp³-hybridized carbons (Fsp3) is 0.308. The van der Waals surface area contributed by atoms with E-state index in [2.05, 4.69) is 10.6 Å². The summed E-state index contributed by atoms with van der Waals surface area (Å²) in [5.74, 6) is 0. The third kappa shape index (κ3) is 2.65. The number of rotatable bonds is 4. The van der Waals surface area contributed by atoms with Gasteiger partial charge in [-0.25, -0.2) is 0 Å². The first-order valence-corrected chi connectivity index (χ1v) is 6.05. The molecule has 1 atom stereocenters. The van der Waals surface area contributed by atoms with Gasteiger partial charge in [0, 0.05) is 23.8 Å². The fourth-order valence-corrected chi connectivity index (χ4v) is 1.99. The quantitative estimate of drug-likeness (QED) is 0.814. The Morgan fingerprint density at radius 3 is 2.88 bits per heavy atom. The second-order valence-corrected chi connectivity index (χ2v) is 4.72. The number of aryl methyl sites for hydroxylation is 1. The molecule has 0 saturated carbocycles. The zero-order chi connectivity index (χ0) is 12.4. The molecule has 1 aromatic carbocycles. The maximum atomic E-state index is 9.31. The number of nitrogens with zero attached hydrogens (tertiary/aromatic N) is 1. The Morgan fingerprint density at radius 1 is 1.47 bits per heavy atom. The third-order valence-electron chi connectivity index (χ3n) is 2.85. The summed E-state index contributed by atoms with van der Waals surface area (Å²) in [6.07, 6.45) is 2.48. The molecule has 2 rings (SSSR count). The van der Waals surface area contributed by atoms with Gasteiger partial charge in [0.05, 0.1) is 6.10 Å². The van der Waals surface area contributed by atoms with Crippen molar-refractivity contribution in [2.45, 2.75) is 26.0 Å². The van der Waals surface area contributed by atoms with E-state index in [1.54, 1.807) is 6.92 Å². The molecule has 1 heterocycles. The summed E-state index contributed by atoms with van der Waals surface area (Å²) in [6.45, 7) is 2.59. The predicted molar refractivity (Wildman–Crippen MR) is 74.1 cm³/mol. The molecule has 1 aromatic heterocycles. The van der Waals surface area contributed by atoms with Crippen molar-refractivity contribution in [3.63, 3.8) is 0 Å². The number of aliphatic hydroxyl groups excluding tert-OH is 1. The van der Waals surface area contributed by atoms with Crippen molar-refractivity contribution in [1.29, 1.82) is 0 Å². The minimum atomic E-state index is -0.286. The summed E-state index contributed by atoms with van der Waals surface area (Å²) in [5.41, 5.74) is 7.61. The molecule has 0 saturated heterocycles. The van der Waals surface area contributed by atoms with E-state index < -0.39 is 0 Å². The number of nitrogens with two attached hydrogens (primary N) is 1. The van der Waals surface area contributed by atoms with Crippen LogP contribution in [0.3, 0.4) is 0 Å². The van der Waals surface area contributed by atoms with Gasteiger partial charge in [0.2, 0.25) is 0 Å². The van der Waals surface area contributed by atoms with Gasteiger partial charge in [-0.05, 0) is 30.9 Å². The van der Waals surface area contributed by atoms with Gasteiger partial charge < -0.3 is 15.4 Å². The number of hydrogen-bond acceptors (Lipinski definition) is 2. The molecule has 4 heteroatoms. The van der Waals surface area contributed by atoms with Crippen LogP contribution in [0.5, 0.6) is 0 Å². The Bertz CT molecular complexity index is 545. The van der Waals surface area contributed by atoms with Crippen LogP contribution in [0.25, 0.3) is 10.9 Å². The van der Waals surface area contributed by atoms with Gasteiger partial charge in [0.25, 0.3) is 0 Å². The lowest BCUT2D eigenvalue weighted by Crippen LogP contribution is -2.10. The van der Waals surface area contributed by atoms with Crippen LogP contribution < -0.4 is 5.73 Å². The molecule has 1 unspecified atom stereocenters. The van der Waals surface area contributed by atoms with E-state index in [-0.39, 0.29) is 6.10 Å². The van der Waals surface area contributed by atoms with Gasteiger partial charge >= 0.3 is 0 Å². The molecular formula is C13H16N2OS. The lowest BCUT2D eigenvalue weighted by Gasteiger charge is -2.08. The Labute approximate surface area is 106 Å². The molecule has 0 radical (unpaired) electrons. The summed E-state index contributed by atoms with van der Waals surface area (Å²) >= 11 is 4.98. The summed E-state index contributed by atoms with van der Waals surface area (Å²) < 4.78 is 2.11. The summed E-state index contributed by atoms with van der Waals surface area (Å²) in [4.78, 5) is 0.412. The van der Waals surface area contributed by atoms with Crippen molar-refractivity contribution in [3.05, 3.63) is 36.0 Å². The summed E-state index contributed by atoms with van der Waals surface area (Å²) in [6, 6.07) is 8.01. The van der Waals surface area contributed by atoms with E-state index in [0.29, 0.717) is 4.99 Å². The minimum absolute atomic E-state index is 0.286. The van der Waals surface area contributed by atoms with Crippen molar-refractivity contribution in [2.75, 3.05) is 0 Å². The second kappa shape index (κ2) is 4.85. The smallest absolute Gasteiger partial charge is 0.104 e. The van der Waals surface area contributed by atoms with Crippen LogP contribution in [-0.4, -0.2) is 20.8 Å². The number of thiocarbonyl (C=S) groups is 1. The molecule has 0 aliphatic carbocycles. The van der Waals surface area contributed by atoms with Gasteiger partial charge in [0.15, 0.2) is 0 Å². The van der Waals surface area contributed by atoms with Gasteiger partial charge in [-0.2, -0.15) is 0 Å². The van der Waals surface area contributed by atoms with Crippen molar-refractivity contribution >= 4 is 28.1 Å². The van der Waals surface area contributed by atoms with Crippen LogP contribution in [0.2, 0.25) is 0 Å². The predicted octanol–water partition coefficient (Wildman–Crippen LogP) is 2.05. The molecule has 3 nitrogen and oxygen atoms in total. The monoisotopic (exact) mass is 248 g/mol. The van der Waals surface area contributed by atoms with Gasteiger partial charge in [-0.15, -0.1) is 0 Å². The third-order valence-corrected chi connectivity index (χ3v) is 3.08. The Morgan fingerprint density at radius 2 is 2.24 bits per heavy atom. The average molecular weight is 248 g/mol. The molecule has 0 aliphatic rings. The molecular weight excluding hydrogens is 232 g/mol. The highest BCUT2D eigenvalue weighted by Crippen LogP contribution is 2.18. The molecule has 90 valence electrons. The standard InChI is InChI=1S/C13H16N2OS/c1-9(16)4-6-15-7-5-10-2-3-11(13(14)17)8-12(10)15/h2-3,5,7-9,16H,4,6H2,1H3,(H2,14,17). The van der Waals surface area contributed by atoms with Gasteiger partial charge in [0.1, 0.15) is 4.99 Å². The van der Waals surface area contributed by atoms with Crippen LogP contribution in [-0.2, 0) is 6.54 Å².